The van der Waals surface area contributed by atoms with Crippen molar-refractivity contribution >= 4 is 39.5 Å². The van der Waals surface area contributed by atoms with Crippen LogP contribution in [0, 0.1) is 0 Å². The van der Waals surface area contributed by atoms with Crippen LogP contribution in [-0.2, 0) is 9.59 Å². The number of imide groups is 1. The van der Waals surface area contributed by atoms with Gasteiger partial charge < -0.3 is 10.6 Å². The van der Waals surface area contributed by atoms with E-state index in [-0.39, 0.29) is 12.5 Å². The smallest absolute Gasteiger partial charge is 0.324 e. The molecular formula is C17H22BrN3O3. The van der Waals surface area contributed by atoms with Gasteiger partial charge in [0.05, 0.1) is 0 Å². The molecule has 1 aliphatic heterocycles. The third-order valence-corrected chi connectivity index (χ3v) is 4.50. The first-order valence-electron chi connectivity index (χ1n) is 8.11. The summed E-state index contributed by atoms with van der Waals surface area (Å²) in [5.74, 6) is -0.707. The molecule has 0 radical (unpaired) electrons. The summed E-state index contributed by atoms with van der Waals surface area (Å²) in [5.41, 5.74) is -0.258. The Hall–Kier alpha value is -1.89. The first-order chi connectivity index (χ1) is 11.4. The van der Waals surface area contributed by atoms with Crippen LogP contribution in [0.1, 0.15) is 39.5 Å². The van der Waals surface area contributed by atoms with E-state index < -0.39 is 17.5 Å². The molecule has 0 atom stereocenters. The van der Waals surface area contributed by atoms with E-state index in [4.69, 9.17) is 0 Å². The molecule has 130 valence electrons. The van der Waals surface area contributed by atoms with Gasteiger partial charge in [0.15, 0.2) is 0 Å². The Morgan fingerprint density at radius 1 is 1.25 bits per heavy atom. The lowest BCUT2D eigenvalue weighted by atomic mass is 9.88. The highest BCUT2D eigenvalue weighted by Gasteiger charge is 2.50. The molecule has 7 heteroatoms. The van der Waals surface area contributed by atoms with Gasteiger partial charge in [-0.3, -0.25) is 14.5 Å². The molecule has 1 aromatic rings. The van der Waals surface area contributed by atoms with Gasteiger partial charge in [-0.25, -0.2) is 4.79 Å². The van der Waals surface area contributed by atoms with Crippen molar-refractivity contribution in [2.24, 2.45) is 0 Å². The maximum absolute atomic E-state index is 12.7. The number of carbonyl (C=O) groups excluding carboxylic acids is 3. The minimum Gasteiger partial charge on any atom is -0.324 e. The van der Waals surface area contributed by atoms with Crippen LogP contribution in [-0.4, -0.2) is 34.8 Å². The molecule has 0 aromatic heterocycles. The summed E-state index contributed by atoms with van der Waals surface area (Å²) in [6, 6.07) is 6.64. The Kier molecular flexibility index (Phi) is 5.99. The summed E-state index contributed by atoms with van der Waals surface area (Å²) in [5, 5.41) is 5.50. The van der Waals surface area contributed by atoms with Gasteiger partial charge >= 0.3 is 6.03 Å². The SMILES string of the molecule is CCCC1(CCC)NC(=O)N(CC(=O)Nc2cccc(Br)c2)C1=O. The normalized spacial score (nSPS) is 16.2. The van der Waals surface area contributed by atoms with E-state index in [1.165, 1.54) is 0 Å². The summed E-state index contributed by atoms with van der Waals surface area (Å²) in [6.07, 6.45) is 2.72. The fourth-order valence-electron chi connectivity index (χ4n) is 3.05. The molecule has 1 aliphatic rings. The van der Waals surface area contributed by atoms with Crippen molar-refractivity contribution in [1.82, 2.24) is 10.2 Å². The highest BCUT2D eigenvalue weighted by molar-refractivity contribution is 9.10. The highest BCUT2D eigenvalue weighted by atomic mass is 79.9. The van der Waals surface area contributed by atoms with Crippen LogP contribution in [0.2, 0.25) is 0 Å². The summed E-state index contributed by atoms with van der Waals surface area (Å²) < 4.78 is 0.834. The van der Waals surface area contributed by atoms with Crippen molar-refractivity contribution in [1.29, 1.82) is 0 Å². The van der Waals surface area contributed by atoms with E-state index in [9.17, 15) is 14.4 Å². The van der Waals surface area contributed by atoms with Crippen molar-refractivity contribution in [3.05, 3.63) is 28.7 Å². The van der Waals surface area contributed by atoms with Crippen LogP contribution in [0.15, 0.2) is 28.7 Å². The van der Waals surface area contributed by atoms with Crippen LogP contribution in [0.25, 0.3) is 0 Å². The second kappa shape index (κ2) is 7.79. The topological polar surface area (TPSA) is 78.5 Å². The average Bonchev–Trinajstić information content (AvgIpc) is 2.72. The van der Waals surface area contributed by atoms with E-state index in [0.717, 1.165) is 22.2 Å². The Morgan fingerprint density at radius 2 is 1.92 bits per heavy atom. The van der Waals surface area contributed by atoms with E-state index in [1.807, 2.05) is 19.9 Å². The van der Waals surface area contributed by atoms with Crippen molar-refractivity contribution in [2.45, 2.75) is 45.1 Å². The lowest BCUT2D eigenvalue weighted by molar-refractivity contribution is -0.134. The van der Waals surface area contributed by atoms with E-state index in [1.54, 1.807) is 18.2 Å². The zero-order valence-corrected chi connectivity index (χ0v) is 15.5. The summed E-state index contributed by atoms with van der Waals surface area (Å²) in [4.78, 5) is 38.1. The Bertz CT molecular complexity index is 642. The van der Waals surface area contributed by atoms with E-state index in [0.29, 0.717) is 18.5 Å². The molecule has 4 amide bonds. The zero-order chi connectivity index (χ0) is 17.7. The van der Waals surface area contributed by atoms with Crippen LogP contribution in [0.5, 0.6) is 0 Å². The van der Waals surface area contributed by atoms with Crippen LogP contribution >= 0.6 is 15.9 Å². The number of halogens is 1. The number of urea groups is 1. The third-order valence-electron chi connectivity index (χ3n) is 4.01. The maximum atomic E-state index is 12.7. The number of nitrogens with one attached hydrogen (secondary N) is 2. The van der Waals surface area contributed by atoms with Gasteiger partial charge in [-0.15, -0.1) is 0 Å². The van der Waals surface area contributed by atoms with Crippen molar-refractivity contribution in [3.8, 4) is 0 Å². The molecule has 1 aromatic carbocycles. The Labute approximate surface area is 150 Å². The molecule has 1 saturated heterocycles. The quantitative estimate of drug-likeness (QED) is 0.695. The summed E-state index contributed by atoms with van der Waals surface area (Å²) >= 11 is 3.33. The largest absolute Gasteiger partial charge is 0.325 e. The number of hydrogen-bond acceptors (Lipinski definition) is 3. The number of hydrogen-bond donors (Lipinski definition) is 2. The number of carbonyl (C=O) groups is 3. The fraction of sp³-hybridized carbons (Fsp3) is 0.471. The predicted molar refractivity (Wildman–Crippen MR) is 95.6 cm³/mol. The molecule has 0 unspecified atom stereocenters. The van der Waals surface area contributed by atoms with Gasteiger partial charge in [0.1, 0.15) is 12.1 Å². The number of anilines is 1. The van der Waals surface area contributed by atoms with Crippen LogP contribution in [0.3, 0.4) is 0 Å². The number of amides is 4. The molecule has 0 aliphatic carbocycles. The van der Waals surface area contributed by atoms with Gasteiger partial charge in [0.25, 0.3) is 5.91 Å². The van der Waals surface area contributed by atoms with Gasteiger partial charge in [-0.2, -0.15) is 0 Å². The molecule has 0 bridgehead atoms. The molecule has 1 heterocycles. The number of nitrogens with zero attached hydrogens (tertiary/aromatic N) is 1. The van der Waals surface area contributed by atoms with Crippen LogP contribution in [0.4, 0.5) is 10.5 Å². The fourth-order valence-corrected chi connectivity index (χ4v) is 3.45. The minimum absolute atomic E-state index is 0.285. The van der Waals surface area contributed by atoms with Gasteiger partial charge in [-0.1, -0.05) is 48.7 Å². The average molecular weight is 396 g/mol. The molecule has 0 spiro atoms. The first-order valence-corrected chi connectivity index (χ1v) is 8.90. The molecule has 2 rings (SSSR count). The Balaban J connectivity index is 2.07. The second-order valence-corrected chi connectivity index (χ2v) is 6.88. The van der Waals surface area contributed by atoms with Gasteiger partial charge in [0.2, 0.25) is 5.91 Å². The molecule has 24 heavy (non-hydrogen) atoms. The van der Waals surface area contributed by atoms with E-state index in [2.05, 4.69) is 26.6 Å². The monoisotopic (exact) mass is 395 g/mol. The van der Waals surface area contributed by atoms with Gasteiger partial charge in [0, 0.05) is 10.2 Å². The highest BCUT2D eigenvalue weighted by Crippen LogP contribution is 2.28. The first kappa shape index (κ1) is 18.4. The molecule has 2 N–H and O–H groups in total. The third kappa shape index (κ3) is 3.95. The second-order valence-electron chi connectivity index (χ2n) is 5.96. The van der Waals surface area contributed by atoms with Crippen LogP contribution < -0.4 is 10.6 Å². The molecule has 1 fully saturated rings. The minimum atomic E-state index is -0.864. The van der Waals surface area contributed by atoms with Gasteiger partial charge in [-0.05, 0) is 31.0 Å². The van der Waals surface area contributed by atoms with Crippen molar-refractivity contribution in [3.63, 3.8) is 0 Å². The zero-order valence-electron chi connectivity index (χ0n) is 13.9. The molecule has 6 nitrogen and oxygen atoms in total. The standard InChI is InChI=1S/C17H22BrN3O3/c1-3-8-17(9-4-2)15(23)21(16(24)20-17)11-14(22)19-13-7-5-6-12(18)10-13/h5-7,10H,3-4,8-9,11H2,1-2H3,(H,19,22)(H,20,24). The maximum Gasteiger partial charge on any atom is 0.325 e. The molecular weight excluding hydrogens is 374 g/mol. The van der Waals surface area contributed by atoms with Crippen molar-refractivity contribution < 1.29 is 14.4 Å². The lowest BCUT2D eigenvalue weighted by Crippen LogP contribution is -2.47. The number of rotatable bonds is 7. The lowest BCUT2D eigenvalue weighted by Gasteiger charge is -2.25. The molecule has 0 saturated carbocycles. The van der Waals surface area contributed by atoms with E-state index >= 15 is 0 Å². The predicted octanol–water partition coefficient (Wildman–Crippen LogP) is 3.28. The van der Waals surface area contributed by atoms with Crippen molar-refractivity contribution in [2.75, 3.05) is 11.9 Å². The Morgan fingerprint density at radius 3 is 2.50 bits per heavy atom. The summed E-state index contributed by atoms with van der Waals surface area (Å²) in [7, 11) is 0. The number of benzene rings is 1. The summed E-state index contributed by atoms with van der Waals surface area (Å²) in [6.45, 7) is 3.66.